The van der Waals surface area contributed by atoms with Crippen molar-refractivity contribution in [1.29, 1.82) is 0 Å². The fraction of sp³-hybridized carbons (Fsp3) is 0.429. The van der Waals surface area contributed by atoms with Crippen LogP contribution in [0.4, 0.5) is 5.82 Å². The lowest BCUT2D eigenvalue weighted by molar-refractivity contribution is -0.00398. The standard InChI is InChI=1S/C14H15N3O/c18-13-5-9-7-17(8-10(9)13)14-6-15-11-3-1-2-4-12(11)16-14/h1-4,6,9-10,13,18H,5,7-8H2/t9-,10+,13-/m0/s1. The predicted molar refractivity (Wildman–Crippen MR) is 69.4 cm³/mol. The number of anilines is 1. The van der Waals surface area contributed by atoms with Crippen LogP contribution in [-0.4, -0.2) is 34.3 Å². The van der Waals surface area contributed by atoms with Gasteiger partial charge >= 0.3 is 0 Å². The molecule has 2 aliphatic rings. The molecule has 2 fully saturated rings. The number of aromatic nitrogens is 2. The van der Waals surface area contributed by atoms with E-state index in [1.54, 1.807) is 0 Å². The molecule has 1 saturated heterocycles. The van der Waals surface area contributed by atoms with E-state index in [0.29, 0.717) is 11.8 Å². The number of hydrogen-bond acceptors (Lipinski definition) is 4. The molecule has 2 aromatic rings. The first kappa shape index (κ1) is 10.3. The lowest BCUT2D eigenvalue weighted by Crippen LogP contribution is -2.39. The largest absolute Gasteiger partial charge is 0.393 e. The monoisotopic (exact) mass is 241 g/mol. The van der Waals surface area contributed by atoms with Gasteiger partial charge in [-0.2, -0.15) is 0 Å². The average molecular weight is 241 g/mol. The topological polar surface area (TPSA) is 49.2 Å². The second kappa shape index (κ2) is 3.65. The summed E-state index contributed by atoms with van der Waals surface area (Å²) in [6, 6.07) is 7.93. The van der Waals surface area contributed by atoms with Gasteiger partial charge in [-0.25, -0.2) is 4.98 Å². The van der Waals surface area contributed by atoms with Crippen molar-refractivity contribution in [1.82, 2.24) is 9.97 Å². The molecule has 18 heavy (non-hydrogen) atoms. The van der Waals surface area contributed by atoms with Gasteiger partial charge in [0.15, 0.2) is 0 Å². The van der Waals surface area contributed by atoms with Crippen LogP contribution in [0.2, 0.25) is 0 Å². The van der Waals surface area contributed by atoms with Gasteiger partial charge in [-0.05, 0) is 24.5 Å². The van der Waals surface area contributed by atoms with Crippen molar-refractivity contribution in [2.75, 3.05) is 18.0 Å². The molecule has 2 heterocycles. The highest BCUT2D eigenvalue weighted by atomic mass is 16.3. The Hall–Kier alpha value is -1.68. The number of aliphatic hydroxyl groups excluding tert-OH is 1. The number of fused-ring (bicyclic) bond motifs is 2. The summed E-state index contributed by atoms with van der Waals surface area (Å²) in [5.41, 5.74) is 1.87. The molecule has 1 aliphatic heterocycles. The molecule has 4 nitrogen and oxygen atoms in total. The highest BCUT2D eigenvalue weighted by Crippen LogP contribution is 2.41. The average Bonchev–Trinajstić information content (AvgIpc) is 2.75. The lowest BCUT2D eigenvalue weighted by atomic mass is 9.74. The first-order chi connectivity index (χ1) is 8.81. The zero-order chi connectivity index (χ0) is 12.1. The summed E-state index contributed by atoms with van der Waals surface area (Å²) < 4.78 is 0. The molecular weight excluding hydrogens is 226 g/mol. The van der Waals surface area contributed by atoms with E-state index in [4.69, 9.17) is 0 Å². The van der Waals surface area contributed by atoms with Gasteiger partial charge in [0.2, 0.25) is 0 Å². The number of hydrogen-bond donors (Lipinski definition) is 1. The molecule has 1 aliphatic carbocycles. The van der Waals surface area contributed by atoms with Crippen LogP contribution >= 0.6 is 0 Å². The number of rotatable bonds is 1. The van der Waals surface area contributed by atoms with Crippen LogP contribution in [0, 0.1) is 11.8 Å². The van der Waals surface area contributed by atoms with Gasteiger partial charge in [0.1, 0.15) is 5.82 Å². The van der Waals surface area contributed by atoms with E-state index in [1.807, 2.05) is 30.5 Å². The molecular formula is C14H15N3O. The van der Waals surface area contributed by atoms with Crippen molar-refractivity contribution < 1.29 is 5.11 Å². The van der Waals surface area contributed by atoms with Crippen LogP contribution in [0.15, 0.2) is 30.5 Å². The molecule has 92 valence electrons. The van der Waals surface area contributed by atoms with E-state index in [9.17, 15) is 5.11 Å². The van der Waals surface area contributed by atoms with Crippen LogP contribution in [0.1, 0.15) is 6.42 Å². The highest BCUT2D eigenvalue weighted by molar-refractivity contribution is 5.75. The van der Waals surface area contributed by atoms with E-state index < -0.39 is 0 Å². The second-order valence-electron chi connectivity index (χ2n) is 5.35. The van der Waals surface area contributed by atoms with E-state index in [1.165, 1.54) is 0 Å². The van der Waals surface area contributed by atoms with Crippen LogP contribution < -0.4 is 4.90 Å². The molecule has 0 unspecified atom stereocenters. The zero-order valence-electron chi connectivity index (χ0n) is 10.0. The smallest absolute Gasteiger partial charge is 0.147 e. The third kappa shape index (κ3) is 1.42. The Balaban J connectivity index is 1.67. The summed E-state index contributed by atoms with van der Waals surface area (Å²) in [7, 11) is 0. The van der Waals surface area contributed by atoms with Crippen LogP contribution in [0.25, 0.3) is 11.0 Å². The maximum absolute atomic E-state index is 9.69. The van der Waals surface area contributed by atoms with Gasteiger partial charge in [0.05, 0.1) is 23.3 Å². The quantitative estimate of drug-likeness (QED) is 0.821. The van der Waals surface area contributed by atoms with E-state index in [0.717, 1.165) is 36.4 Å². The maximum atomic E-state index is 9.69. The van der Waals surface area contributed by atoms with Gasteiger partial charge in [-0.1, -0.05) is 12.1 Å². The van der Waals surface area contributed by atoms with Crippen molar-refractivity contribution in [2.24, 2.45) is 11.8 Å². The third-order valence-corrected chi connectivity index (χ3v) is 4.29. The van der Waals surface area contributed by atoms with E-state index >= 15 is 0 Å². The second-order valence-corrected chi connectivity index (χ2v) is 5.35. The number of aliphatic hydroxyl groups is 1. The molecule has 4 rings (SSSR count). The Kier molecular flexibility index (Phi) is 2.08. The Morgan fingerprint density at radius 3 is 2.78 bits per heavy atom. The summed E-state index contributed by atoms with van der Waals surface area (Å²) in [4.78, 5) is 11.4. The van der Waals surface area contributed by atoms with Crippen molar-refractivity contribution >= 4 is 16.9 Å². The normalized spacial score (nSPS) is 30.3. The first-order valence-electron chi connectivity index (χ1n) is 6.46. The summed E-state index contributed by atoms with van der Waals surface area (Å²) in [6.07, 6.45) is 2.69. The number of para-hydroxylation sites is 2. The van der Waals surface area contributed by atoms with Crippen molar-refractivity contribution in [3.8, 4) is 0 Å². The minimum Gasteiger partial charge on any atom is -0.393 e. The Morgan fingerprint density at radius 1 is 1.17 bits per heavy atom. The van der Waals surface area contributed by atoms with Crippen molar-refractivity contribution in [2.45, 2.75) is 12.5 Å². The molecule has 1 aromatic heterocycles. The zero-order valence-corrected chi connectivity index (χ0v) is 10.0. The molecule has 0 amide bonds. The fourth-order valence-corrected chi connectivity index (χ4v) is 3.16. The number of nitrogens with zero attached hydrogens (tertiary/aromatic N) is 3. The summed E-state index contributed by atoms with van der Waals surface area (Å²) >= 11 is 0. The molecule has 0 radical (unpaired) electrons. The summed E-state index contributed by atoms with van der Waals surface area (Å²) in [5.74, 6) is 2.03. The molecule has 0 spiro atoms. The molecule has 1 saturated carbocycles. The van der Waals surface area contributed by atoms with Crippen molar-refractivity contribution in [3.05, 3.63) is 30.5 Å². The molecule has 0 bridgehead atoms. The van der Waals surface area contributed by atoms with Crippen LogP contribution in [0.3, 0.4) is 0 Å². The van der Waals surface area contributed by atoms with Crippen LogP contribution in [0.5, 0.6) is 0 Å². The highest BCUT2D eigenvalue weighted by Gasteiger charge is 2.46. The third-order valence-electron chi connectivity index (χ3n) is 4.29. The summed E-state index contributed by atoms with van der Waals surface area (Å²) in [5, 5.41) is 9.69. The van der Waals surface area contributed by atoms with Crippen LogP contribution in [-0.2, 0) is 0 Å². The Bertz CT molecular complexity index is 600. The molecule has 4 heteroatoms. The van der Waals surface area contributed by atoms with Gasteiger partial charge in [0, 0.05) is 19.0 Å². The van der Waals surface area contributed by atoms with Gasteiger partial charge in [-0.15, -0.1) is 0 Å². The number of benzene rings is 1. The summed E-state index contributed by atoms with van der Waals surface area (Å²) in [6.45, 7) is 1.92. The van der Waals surface area contributed by atoms with Crippen molar-refractivity contribution in [3.63, 3.8) is 0 Å². The van der Waals surface area contributed by atoms with E-state index in [-0.39, 0.29) is 6.10 Å². The fourth-order valence-electron chi connectivity index (χ4n) is 3.16. The van der Waals surface area contributed by atoms with Gasteiger partial charge in [0.25, 0.3) is 0 Å². The van der Waals surface area contributed by atoms with Gasteiger partial charge in [-0.3, -0.25) is 4.98 Å². The molecule has 1 aromatic carbocycles. The van der Waals surface area contributed by atoms with Gasteiger partial charge < -0.3 is 10.0 Å². The predicted octanol–water partition coefficient (Wildman–Crippen LogP) is 1.45. The Morgan fingerprint density at radius 2 is 2.00 bits per heavy atom. The lowest BCUT2D eigenvalue weighted by Gasteiger charge is -2.34. The van der Waals surface area contributed by atoms with E-state index in [2.05, 4.69) is 14.9 Å². The Labute approximate surface area is 105 Å². The molecule has 3 atom stereocenters. The minimum atomic E-state index is -0.103. The maximum Gasteiger partial charge on any atom is 0.147 e. The molecule has 1 N–H and O–H groups in total. The first-order valence-corrected chi connectivity index (χ1v) is 6.46. The minimum absolute atomic E-state index is 0.103. The SMILES string of the molecule is O[C@H]1C[C@H]2CN(c3cnc4ccccc4n3)C[C@H]21.